The number of amides is 1. The number of fused-ring (bicyclic) bond motifs is 2. The SMILES string of the molecule is O=C1NC2(CCOc3ccc(C(F)(F)F)cc3S(=O)(=O)N3C[C@H](OCc4cn(Cc5ccccc5)nn4)C[C@@H]13)CCN(Cc1ccccc1)CC2. The first-order valence-electron chi connectivity index (χ1n) is 17.0. The molecule has 2 saturated heterocycles. The van der Waals surface area contributed by atoms with Crippen molar-refractivity contribution in [3.05, 3.63) is 107 Å². The van der Waals surface area contributed by atoms with Crippen LogP contribution in [-0.2, 0) is 45.4 Å². The van der Waals surface area contributed by atoms with E-state index in [0.717, 1.165) is 28.5 Å². The molecule has 15 heteroatoms. The highest BCUT2D eigenvalue weighted by atomic mass is 32.2. The molecule has 0 saturated carbocycles. The van der Waals surface area contributed by atoms with E-state index in [0.29, 0.717) is 50.7 Å². The van der Waals surface area contributed by atoms with Gasteiger partial charge in [-0.3, -0.25) is 9.69 Å². The van der Waals surface area contributed by atoms with E-state index in [2.05, 4.69) is 32.7 Å². The molecule has 3 aromatic carbocycles. The largest absolute Gasteiger partial charge is 0.492 e. The average molecular weight is 725 g/mol. The highest BCUT2D eigenvalue weighted by Gasteiger charge is 2.48. The van der Waals surface area contributed by atoms with Crippen molar-refractivity contribution in [3.8, 4) is 5.75 Å². The Hall–Kier alpha value is -4.31. The van der Waals surface area contributed by atoms with Crippen molar-refractivity contribution in [3.63, 3.8) is 0 Å². The summed E-state index contributed by atoms with van der Waals surface area (Å²) in [6.07, 6.45) is -2.26. The molecule has 3 aliphatic rings. The number of carbonyl (C=O) groups is 1. The molecule has 1 aromatic heterocycles. The second kappa shape index (κ2) is 14.4. The third-order valence-electron chi connectivity index (χ3n) is 9.91. The summed E-state index contributed by atoms with van der Waals surface area (Å²) < 4.78 is 84.7. The normalized spacial score (nSPS) is 22.4. The van der Waals surface area contributed by atoms with E-state index in [1.54, 1.807) is 10.9 Å². The predicted molar refractivity (Wildman–Crippen MR) is 180 cm³/mol. The van der Waals surface area contributed by atoms with Crippen molar-refractivity contribution in [1.82, 2.24) is 29.5 Å². The Labute approximate surface area is 294 Å². The van der Waals surface area contributed by atoms with Crippen LogP contribution in [0.15, 0.2) is 90.0 Å². The first-order valence-corrected chi connectivity index (χ1v) is 18.4. The Morgan fingerprint density at radius 3 is 2.31 bits per heavy atom. The molecular formula is C36H39F3N6O5S. The Balaban J connectivity index is 1.13. The second-order valence-corrected chi connectivity index (χ2v) is 15.3. The molecule has 7 rings (SSSR count). The van der Waals surface area contributed by atoms with Crippen LogP contribution in [-0.4, -0.2) is 82.4 Å². The molecule has 11 nitrogen and oxygen atoms in total. The van der Waals surface area contributed by atoms with Crippen LogP contribution in [0, 0.1) is 0 Å². The molecule has 2 atom stereocenters. The lowest BCUT2D eigenvalue weighted by atomic mass is 9.84. The minimum atomic E-state index is -4.79. The standard InChI is InChI=1S/C36H39F3N6O5S/c37-36(38,39)28-11-12-32-33(19-28)51(47,48)45-24-30(50-25-29-23-44(42-41-29)22-27-9-5-2-6-10-27)20-31(45)34(46)40-35(15-18-49-32)13-16-43(17-14-35)21-26-7-3-1-4-8-26/h1-12,19,23,30-31H,13-18,20-22,24-25H2,(H,40,46)/t30-,31+/m1/s1. The van der Waals surface area contributed by atoms with Crippen LogP contribution >= 0.6 is 0 Å². The molecule has 1 amide bonds. The summed E-state index contributed by atoms with van der Waals surface area (Å²) >= 11 is 0. The summed E-state index contributed by atoms with van der Waals surface area (Å²) in [5, 5.41) is 11.5. The number of alkyl halides is 3. The fourth-order valence-electron chi connectivity index (χ4n) is 7.10. The van der Waals surface area contributed by atoms with E-state index in [4.69, 9.17) is 9.47 Å². The van der Waals surface area contributed by atoms with E-state index in [1.807, 2.05) is 48.5 Å². The van der Waals surface area contributed by atoms with Gasteiger partial charge in [-0.2, -0.15) is 17.5 Å². The van der Waals surface area contributed by atoms with Gasteiger partial charge in [-0.25, -0.2) is 13.1 Å². The van der Waals surface area contributed by atoms with Gasteiger partial charge in [0.15, 0.2) is 0 Å². The molecular weight excluding hydrogens is 685 g/mol. The van der Waals surface area contributed by atoms with Crippen LogP contribution in [0.5, 0.6) is 5.75 Å². The number of benzene rings is 3. The number of likely N-dealkylation sites (tertiary alicyclic amines) is 1. The number of halogens is 3. The van der Waals surface area contributed by atoms with Crippen molar-refractivity contribution in [2.24, 2.45) is 0 Å². The number of nitrogens with one attached hydrogen (secondary N) is 1. The molecule has 4 heterocycles. The van der Waals surface area contributed by atoms with Crippen LogP contribution < -0.4 is 10.1 Å². The van der Waals surface area contributed by atoms with Gasteiger partial charge in [0.05, 0.1) is 37.6 Å². The third kappa shape index (κ3) is 7.96. The number of rotatable bonds is 7. The minimum Gasteiger partial charge on any atom is -0.492 e. The van der Waals surface area contributed by atoms with Crippen molar-refractivity contribution in [1.29, 1.82) is 0 Å². The fraction of sp³-hybridized carbons (Fsp3) is 0.417. The van der Waals surface area contributed by atoms with Gasteiger partial charge >= 0.3 is 6.18 Å². The van der Waals surface area contributed by atoms with E-state index >= 15 is 0 Å². The fourth-order valence-corrected chi connectivity index (χ4v) is 8.89. The zero-order valence-corrected chi connectivity index (χ0v) is 28.7. The third-order valence-corrected chi connectivity index (χ3v) is 11.8. The summed E-state index contributed by atoms with van der Waals surface area (Å²) in [6, 6.07) is 21.0. The Kier molecular flexibility index (Phi) is 9.89. The maximum atomic E-state index is 14.3. The number of hydrogen-bond acceptors (Lipinski definition) is 8. The Morgan fingerprint density at radius 2 is 1.63 bits per heavy atom. The number of ether oxygens (including phenoxy) is 2. The van der Waals surface area contributed by atoms with Crippen molar-refractivity contribution in [2.75, 3.05) is 26.2 Å². The van der Waals surface area contributed by atoms with Gasteiger partial charge in [-0.15, -0.1) is 5.10 Å². The number of piperidine rings is 1. The highest BCUT2D eigenvalue weighted by molar-refractivity contribution is 7.89. The van der Waals surface area contributed by atoms with E-state index < -0.39 is 50.3 Å². The number of nitrogens with zero attached hydrogens (tertiary/aromatic N) is 5. The second-order valence-electron chi connectivity index (χ2n) is 13.4. The van der Waals surface area contributed by atoms with Gasteiger partial charge in [0.25, 0.3) is 0 Å². The molecule has 2 fully saturated rings. The van der Waals surface area contributed by atoms with Crippen LogP contribution in [0.1, 0.15) is 48.1 Å². The van der Waals surface area contributed by atoms with Crippen molar-refractivity contribution in [2.45, 2.75) is 74.1 Å². The molecule has 3 aliphatic heterocycles. The maximum Gasteiger partial charge on any atom is 0.416 e. The van der Waals surface area contributed by atoms with Gasteiger partial charge in [0, 0.05) is 44.6 Å². The lowest BCUT2D eigenvalue weighted by molar-refractivity contribution is -0.137. The van der Waals surface area contributed by atoms with E-state index in [-0.39, 0.29) is 31.9 Å². The number of hydrogen-bond donors (Lipinski definition) is 1. The average Bonchev–Trinajstić information content (AvgIpc) is 3.76. The number of sulfonamides is 1. The molecule has 4 aromatic rings. The zero-order valence-electron chi connectivity index (χ0n) is 27.8. The topological polar surface area (TPSA) is 119 Å². The maximum absolute atomic E-state index is 14.3. The summed E-state index contributed by atoms with van der Waals surface area (Å²) in [5.41, 5.74) is 0.891. The summed E-state index contributed by atoms with van der Waals surface area (Å²) in [4.78, 5) is 15.8. The number of aromatic nitrogens is 3. The molecule has 0 bridgehead atoms. The molecule has 1 N–H and O–H groups in total. The lowest BCUT2D eigenvalue weighted by Gasteiger charge is -2.43. The smallest absolute Gasteiger partial charge is 0.416 e. The highest BCUT2D eigenvalue weighted by Crippen LogP contribution is 2.39. The van der Waals surface area contributed by atoms with Gasteiger partial charge in [0.2, 0.25) is 15.9 Å². The van der Waals surface area contributed by atoms with Crippen LogP contribution in [0.2, 0.25) is 0 Å². The molecule has 0 unspecified atom stereocenters. The first kappa shape index (κ1) is 35.1. The molecule has 51 heavy (non-hydrogen) atoms. The zero-order chi connectivity index (χ0) is 35.6. The Morgan fingerprint density at radius 1 is 0.941 bits per heavy atom. The van der Waals surface area contributed by atoms with Gasteiger partial charge in [0.1, 0.15) is 22.4 Å². The quantitative estimate of drug-likeness (QED) is 0.294. The minimum absolute atomic E-state index is 0.000783. The van der Waals surface area contributed by atoms with Crippen molar-refractivity contribution < 1.29 is 35.9 Å². The Bertz CT molecular complexity index is 1940. The van der Waals surface area contributed by atoms with Crippen molar-refractivity contribution >= 4 is 15.9 Å². The van der Waals surface area contributed by atoms with Crippen LogP contribution in [0.25, 0.3) is 0 Å². The van der Waals surface area contributed by atoms with Gasteiger partial charge in [-0.05, 0) is 42.2 Å². The summed E-state index contributed by atoms with van der Waals surface area (Å²) in [5.74, 6) is -0.697. The molecule has 0 radical (unpaired) electrons. The summed E-state index contributed by atoms with van der Waals surface area (Å²) in [7, 11) is -4.66. The molecule has 1 spiro atoms. The van der Waals surface area contributed by atoms with Gasteiger partial charge in [-0.1, -0.05) is 65.9 Å². The van der Waals surface area contributed by atoms with E-state index in [9.17, 15) is 26.4 Å². The first-order chi connectivity index (χ1) is 24.5. The predicted octanol–water partition coefficient (Wildman–Crippen LogP) is 4.63. The monoisotopic (exact) mass is 724 g/mol. The van der Waals surface area contributed by atoms with E-state index in [1.165, 1.54) is 5.56 Å². The summed E-state index contributed by atoms with van der Waals surface area (Å²) in [6.45, 7) is 2.39. The lowest BCUT2D eigenvalue weighted by Crippen LogP contribution is -2.59. The van der Waals surface area contributed by atoms with Gasteiger partial charge < -0.3 is 14.8 Å². The van der Waals surface area contributed by atoms with Crippen LogP contribution in [0.4, 0.5) is 13.2 Å². The van der Waals surface area contributed by atoms with Crippen LogP contribution in [0.3, 0.4) is 0 Å². The number of carbonyl (C=O) groups excluding carboxylic acids is 1. The molecule has 0 aliphatic carbocycles. The molecule has 270 valence electrons.